The van der Waals surface area contributed by atoms with Crippen LogP contribution in [-0.4, -0.2) is 46.2 Å². The Labute approximate surface area is 97.7 Å². The normalized spacial score (nSPS) is 14.1. The van der Waals surface area contributed by atoms with Gasteiger partial charge in [-0.2, -0.15) is 0 Å². The molecule has 6 heteroatoms. The van der Waals surface area contributed by atoms with Crippen LogP contribution >= 0.6 is 0 Å². The highest BCUT2D eigenvalue weighted by molar-refractivity contribution is 5.92. The largest absolute Gasteiger partial charge is 0.507 e. The molecular formula is C11H14O6. The first kappa shape index (κ1) is 13.4. The molecule has 17 heavy (non-hydrogen) atoms. The molecule has 0 aliphatic heterocycles. The van der Waals surface area contributed by atoms with Crippen LogP contribution in [0.5, 0.6) is 5.75 Å². The molecule has 4 N–H and O–H groups in total. The maximum atomic E-state index is 11.2. The van der Waals surface area contributed by atoms with Crippen molar-refractivity contribution in [3.05, 3.63) is 29.3 Å². The lowest BCUT2D eigenvalue weighted by Crippen LogP contribution is -2.22. The van der Waals surface area contributed by atoms with Gasteiger partial charge in [0.15, 0.2) is 0 Å². The zero-order valence-corrected chi connectivity index (χ0v) is 9.20. The lowest BCUT2D eigenvalue weighted by molar-refractivity contribution is -0.0153. The number of esters is 1. The number of ether oxygens (including phenoxy) is 1. The van der Waals surface area contributed by atoms with E-state index in [2.05, 4.69) is 4.74 Å². The molecule has 0 saturated carbocycles. The van der Waals surface area contributed by atoms with Gasteiger partial charge in [-0.25, -0.2) is 4.79 Å². The summed E-state index contributed by atoms with van der Waals surface area (Å²) in [6.45, 7) is -0.610. The number of aromatic hydroxyl groups is 1. The fraction of sp³-hybridized carbons (Fsp3) is 0.364. The van der Waals surface area contributed by atoms with Crippen molar-refractivity contribution in [3.8, 4) is 5.75 Å². The van der Waals surface area contributed by atoms with Gasteiger partial charge in [0.05, 0.1) is 13.7 Å². The van der Waals surface area contributed by atoms with Crippen molar-refractivity contribution in [2.45, 2.75) is 12.2 Å². The second kappa shape index (κ2) is 5.62. The molecule has 0 amide bonds. The van der Waals surface area contributed by atoms with Crippen LogP contribution in [0.1, 0.15) is 22.0 Å². The lowest BCUT2D eigenvalue weighted by Gasteiger charge is -2.16. The van der Waals surface area contributed by atoms with Crippen molar-refractivity contribution >= 4 is 5.97 Å². The molecule has 0 saturated heterocycles. The number of carbonyl (C=O) groups excluding carboxylic acids is 1. The Morgan fingerprint density at radius 2 is 2.06 bits per heavy atom. The molecule has 1 rings (SSSR count). The highest BCUT2D eigenvalue weighted by atomic mass is 16.5. The summed E-state index contributed by atoms with van der Waals surface area (Å²) in [5, 5.41) is 37.0. The van der Waals surface area contributed by atoms with Crippen LogP contribution in [0.3, 0.4) is 0 Å². The number of benzene rings is 1. The third kappa shape index (κ3) is 2.94. The van der Waals surface area contributed by atoms with Crippen LogP contribution in [0.4, 0.5) is 0 Å². The maximum Gasteiger partial charge on any atom is 0.341 e. The average molecular weight is 242 g/mol. The molecule has 0 aliphatic rings. The molecule has 1 aromatic carbocycles. The van der Waals surface area contributed by atoms with Crippen molar-refractivity contribution in [2.24, 2.45) is 0 Å². The van der Waals surface area contributed by atoms with Gasteiger partial charge < -0.3 is 25.2 Å². The zero-order valence-electron chi connectivity index (χ0n) is 9.20. The summed E-state index contributed by atoms with van der Waals surface area (Å²) >= 11 is 0. The number of aliphatic hydroxyl groups is 3. The number of carbonyl (C=O) groups is 1. The van der Waals surface area contributed by atoms with Gasteiger partial charge >= 0.3 is 5.97 Å². The number of hydrogen-bond donors (Lipinski definition) is 4. The fourth-order valence-electron chi connectivity index (χ4n) is 1.34. The van der Waals surface area contributed by atoms with Crippen LogP contribution in [-0.2, 0) is 4.74 Å². The van der Waals surface area contributed by atoms with Gasteiger partial charge in [-0.3, -0.25) is 0 Å². The molecule has 6 nitrogen and oxygen atoms in total. The number of rotatable bonds is 4. The third-order valence-electron chi connectivity index (χ3n) is 2.32. The Morgan fingerprint density at radius 3 is 2.53 bits per heavy atom. The lowest BCUT2D eigenvalue weighted by atomic mass is 10.0. The number of hydrogen-bond acceptors (Lipinski definition) is 6. The zero-order chi connectivity index (χ0) is 13.0. The van der Waals surface area contributed by atoms with Crippen molar-refractivity contribution in [1.82, 2.24) is 0 Å². The van der Waals surface area contributed by atoms with Crippen LogP contribution in [0, 0.1) is 0 Å². The first-order valence-corrected chi connectivity index (χ1v) is 4.89. The first-order chi connectivity index (χ1) is 8.01. The van der Waals surface area contributed by atoms with Crippen LogP contribution in [0.2, 0.25) is 0 Å². The minimum Gasteiger partial charge on any atom is -0.507 e. The summed E-state index contributed by atoms with van der Waals surface area (Å²) in [7, 11) is 1.18. The van der Waals surface area contributed by atoms with E-state index in [1.165, 1.54) is 19.2 Å². The highest BCUT2D eigenvalue weighted by Gasteiger charge is 2.20. The van der Waals surface area contributed by atoms with E-state index in [9.17, 15) is 20.1 Å². The molecule has 1 aromatic rings. The van der Waals surface area contributed by atoms with Gasteiger partial charge in [-0.15, -0.1) is 0 Å². The van der Waals surface area contributed by atoms with E-state index >= 15 is 0 Å². The standard InChI is InChI=1S/C11H14O6/c1-17-11(16)7-3-2-6(4-8(7)13)10(15)9(14)5-12/h2-4,9-10,12-15H,5H2,1H3. The molecule has 0 radical (unpaired) electrons. The number of phenolic OH excluding ortho intramolecular Hbond substituents is 1. The van der Waals surface area contributed by atoms with E-state index in [1.807, 2.05) is 0 Å². The van der Waals surface area contributed by atoms with E-state index in [-0.39, 0.29) is 16.9 Å². The van der Waals surface area contributed by atoms with Crippen molar-refractivity contribution in [1.29, 1.82) is 0 Å². The topological polar surface area (TPSA) is 107 Å². The van der Waals surface area contributed by atoms with Gasteiger partial charge in [-0.05, 0) is 17.7 Å². The molecule has 0 aliphatic carbocycles. The number of methoxy groups -OCH3 is 1. The summed E-state index contributed by atoms with van der Waals surface area (Å²) < 4.78 is 4.44. The molecule has 0 spiro atoms. The number of aliphatic hydroxyl groups excluding tert-OH is 3. The van der Waals surface area contributed by atoms with Crippen LogP contribution < -0.4 is 0 Å². The molecule has 2 unspecified atom stereocenters. The van der Waals surface area contributed by atoms with E-state index in [0.717, 1.165) is 6.07 Å². The Balaban J connectivity index is 3.00. The third-order valence-corrected chi connectivity index (χ3v) is 2.32. The van der Waals surface area contributed by atoms with Crippen molar-refractivity contribution < 1.29 is 30.0 Å². The molecule has 0 aromatic heterocycles. The smallest absolute Gasteiger partial charge is 0.341 e. The van der Waals surface area contributed by atoms with Gasteiger partial charge in [0.25, 0.3) is 0 Å². The summed E-state index contributed by atoms with van der Waals surface area (Å²) in [6, 6.07) is 3.76. The first-order valence-electron chi connectivity index (χ1n) is 4.89. The van der Waals surface area contributed by atoms with Gasteiger partial charge in [-0.1, -0.05) is 6.07 Å². The van der Waals surface area contributed by atoms with E-state index < -0.39 is 24.8 Å². The molecule has 0 heterocycles. The molecule has 0 bridgehead atoms. The van der Waals surface area contributed by atoms with E-state index in [0.29, 0.717) is 0 Å². The molecular weight excluding hydrogens is 228 g/mol. The van der Waals surface area contributed by atoms with Gasteiger partial charge in [0, 0.05) is 0 Å². The Hall–Kier alpha value is -1.63. The summed E-state index contributed by atoms with van der Waals surface area (Å²) in [5.74, 6) is -1.07. The fourth-order valence-corrected chi connectivity index (χ4v) is 1.34. The average Bonchev–Trinajstić information content (AvgIpc) is 2.35. The maximum absolute atomic E-state index is 11.2. The van der Waals surface area contributed by atoms with Gasteiger partial charge in [0.1, 0.15) is 23.5 Å². The molecule has 94 valence electrons. The monoisotopic (exact) mass is 242 g/mol. The predicted molar refractivity (Wildman–Crippen MR) is 57.5 cm³/mol. The second-order valence-electron chi connectivity index (χ2n) is 3.46. The van der Waals surface area contributed by atoms with Gasteiger partial charge in [0.2, 0.25) is 0 Å². The summed E-state index contributed by atoms with van der Waals surface area (Å²) in [4.78, 5) is 11.2. The summed E-state index contributed by atoms with van der Waals surface area (Å²) in [6.07, 6.45) is -2.68. The Morgan fingerprint density at radius 1 is 1.41 bits per heavy atom. The van der Waals surface area contributed by atoms with Crippen LogP contribution in [0.25, 0.3) is 0 Å². The predicted octanol–water partition coefficient (Wildman–Crippen LogP) is -0.435. The molecule has 2 atom stereocenters. The summed E-state index contributed by atoms with van der Waals surface area (Å²) in [5.41, 5.74) is 0.152. The molecule has 0 fully saturated rings. The van der Waals surface area contributed by atoms with Crippen molar-refractivity contribution in [3.63, 3.8) is 0 Å². The Kier molecular flexibility index (Phi) is 4.45. The quantitative estimate of drug-likeness (QED) is 0.533. The minimum atomic E-state index is -1.35. The second-order valence-corrected chi connectivity index (χ2v) is 3.46. The highest BCUT2D eigenvalue weighted by Crippen LogP contribution is 2.25. The SMILES string of the molecule is COC(=O)c1ccc(C(O)C(O)CO)cc1O. The minimum absolute atomic E-state index is 0.0399. The number of phenols is 1. The Bertz CT molecular complexity index is 403. The van der Waals surface area contributed by atoms with Crippen LogP contribution in [0.15, 0.2) is 18.2 Å². The van der Waals surface area contributed by atoms with E-state index in [1.54, 1.807) is 0 Å². The van der Waals surface area contributed by atoms with Crippen molar-refractivity contribution in [2.75, 3.05) is 13.7 Å². The van der Waals surface area contributed by atoms with E-state index in [4.69, 9.17) is 5.11 Å².